The fourth-order valence-corrected chi connectivity index (χ4v) is 7.57. The molecule has 7 nitrogen and oxygen atoms in total. The molecule has 0 saturated heterocycles. The minimum atomic E-state index is -3.87. The summed E-state index contributed by atoms with van der Waals surface area (Å²) in [5.41, 5.74) is 0.953. The van der Waals surface area contributed by atoms with Crippen molar-refractivity contribution in [2.75, 3.05) is 0 Å². The molecule has 244 valence electrons. The Kier molecular flexibility index (Phi) is 14.2. The Morgan fingerprint density at radius 2 is 1.15 bits per heavy atom. The second-order valence-corrected chi connectivity index (χ2v) is 15.4. The maximum Gasteiger partial charge on any atom is 0.285 e. The van der Waals surface area contributed by atoms with Crippen LogP contribution in [-0.4, -0.2) is 27.7 Å². The van der Waals surface area contributed by atoms with Crippen LogP contribution in [-0.2, 0) is 20.0 Å². The van der Waals surface area contributed by atoms with Crippen LogP contribution in [0.15, 0.2) is 188 Å². The summed E-state index contributed by atoms with van der Waals surface area (Å²) in [7, 11) is -4.48. The molecule has 0 unspecified atom stereocenters. The lowest BCUT2D eigenvalue weighted by Gasteiger charge is -2.06. The summed E-state index contributed by atoms with van der Waals surface area (Å²) in [5.74, 6) is 0.506. The number of ether oxygens (including phenoxy) is 1. The zero-order valence-corrected chi connectivity index (χ0v) is 29.4. The third-order valence-electron chi connectivity index (χ3n) is 5.89. The highest BCUT2D eigenvalue weighted by Gasteiger charge is 2.15. The molecule has 0 saturated carbocycles. The molecule has 0 atom stereocenters. The van der Waals surface area contributed by atoms with Gasteiger partial charge in [-0.15, -0.1) is 4.40 Å². The number of thiocarbonyl (C=S) groups is 1. The molecule has 5 aromatic rings. The van der Waals surface area contributed by atoms with Gasteiger partial charge in [-0.1, -0.05) is 143 Å². The van der Waals surface area contributed by atoms with Crippen LogP contribution in [0.5, 0.6) is 5.75 Å². The first-order chi connectivity index (χ1) is 23.2. The van der Waals surface area contributed by atoms with Gasteiger partial charge in [0.1, 0.15) is 10.7 Å². The highest BCUT2D eigenvalue weighted by molar-refractivity contribution is 8.77. The maximum absolute atomic E-state index is 12.6. The molecule has 0 aliphatic heterocycles. The molecule has 0 fully saturated rings. The molecule has 0 heterocycles. The molecule has 0 aliphatic carbocycles. The number of hydrogen-bond donors (Lipinski definition) is 1. The van der Waals surface area contributed by atoms with Gasteiger partial charge in [-0.05, 0) is 65.6 Å². The van der Waals surface area contributed by atoms with E-state index in [1.165, 1.54) is 35.1 Å². The Bertz CT molecular complexity index is 2040. The van der Waals surface area contributed by atoms with Crippen LogP contribution < -0.4 is 9.46 Å². The smallest absolute Gasteiger partial charge is 0.285 e. The van der Waals surface area contributed by atoms with Gasteiger partial charge in [-0.25, -0.2) is 8.42 Å². The SMILES string of the molecule is O=S(=O)(/N=C(/C=C/SSc1ccccc1)Oc1ccccc1)c1ccccc1.O=S(=O)(NC(=S)/C=C\c1ccccc1)c1ccccc1. The van der Waals surface area contributed by atoms with Crippen LogP contribution in [0, 0.1) is 0 Å². The number of hydrogen-bond acceptors (Lipinski definition) is 8. The largest absolute Gasteiger partial charge is 0.438 e. The highest BCUT2D eigenvalue weighted by Crippen LogP contribution is 2.31. The molecule has 12 heteroatoms. The molecule has 0 bridgehead atoms. The zero-order valence-electron chi connectivity index (χ0n) is 25.3. The van der Waals surface area contributed by atoms with Crippen LogP contribution in [0.3, 0.4) is 0 Å². The number of benzene rings is 5. The van der Waals surface area contributed by atoms with Crippen LogP contribution in [0.25, 0.3) is 6.08 Å². The molecule has 0 spiro atoms. The Hall–Kier alpha value is -4.46. The van der Waals surface area contributed by atoms with Gasteiger partial charge in [0, 0.05) is 11.0 Å². The summed E-state index contributed by atoms with van der Waals surface area (Å²) in [6, 6.07) is 44.5. The predicted octanol–water partition coefficient (Wildman–Crippen LogP) is 8.81. The van der Waals surface area contributed by atoms with E-state index in [-0.39, 0.29) is 20.7 Å². The lowest BCUT2D eigenvalue weighted by atomic mass is 10.2. The first kappa shape index (κ1) is 36.4. The molecule has 1 N–H and O–H groups in total. The predicted molar refractivity (Wildman–Crippen MR) is 202 cm³/mol. The Labute approximate surface area is 295 Å². The monoisotopic (exact) mass is 730 g/mol. The van der Waals surface area contributed by atoms with E-state index in [4.69, 9.17) is 17.0 Å². The maximum atomic E-state index is 12.6. The summed E-state index contributed by atoms with van der Waals surface area (Å²) in [4.78, 5) is 1.55. The van der Waals surface area contributed by atoms with Crippen molar-refractivity contribution in [2.24, 2.45) is 4.40 Å². The summed E-state index contributed by atoms with van der Waals surface area (Å²) < 4.78 is 61.1. The first-order valence-corrected chi connectivity index (χ1v) is 19.8. The summed E-state index contributed by atoms with van der Waals surface area (Å²) >= 11 is 5.02. The quantitative estimate of drug-likeness (QED) is 0.0473. The average molecular weight is 731 g/mol. The van der Waals surface area contributed by atoms with Crippen molar-refractivity contribution in [3.05, 3.63) is 175 Å². The van der Waals surface area contributed by atoms with Crippen molar-refractivity contribution >= 4 is 70.8 Å². The fourth-order valence-electron chi connectivity index (χ4n) is 3.66. The van der Waals surface area contributed by atoms with E-state index < -0.39 is 20.0 Å². The number of sulfonamides is 2. The molecule has 5 aromatic carbocycles. The van der Waals surface area contributed by atoms with E-state index in [1.807, 2.05) is 78.9 Å². The van der Waals surface area contributed by atoms with E-state index in [0.717, 1.165) is 10.5 Å². The molecule has 0 radical (unpaired) electrons. The van der Waals surface area contributed by atoms with Gasteiger partial charge >= 0.3 is 0 Å². The normalized spacial score (nSPS) is 11.9. The van der Waals surface area contributed by atoms with Gasteiger partial charge in [0.05, 0.1) is 9.79 Å². The third-order valence-corrected chi connectivity index (χ3v) is 10.9. The third kappa shape index (κ3) is 12.6. The molecule has 5 rings (SSSR count). The number of nitrogens with one attached hydrogen (secondary N) is 1. The highest BCUT2D eigenvalue weighted by atomic mass is 33.1. The Morgan fingerprint density at radius 1 is 0.646 bits per heavy atom. The number of rotatable bonds is 11. The van der Waals surface area contributed by atoms with Crippen molar-refractivity contribution in [2.45, 2.75) is 14.7 Å². The second kappa shape index (κ2) is 18.8. The number of para-hydroxylation sites is 1. The van der Waals surface area contributed by atoms with Gasteiger partial charge in [0.2, 0.25) is 5.90 Å². The molecular formula is C36H30N2O5S5. The van der Waals surface area contributed by atoms with Gasteiger partial charge in [0.25, 0.3) is 20.0 Å². The molecular weight excluding hydrogens is 701 g/mol. The van der Waals surface area contributed by atoms with E-state index in [9.17, 15) is 16.8 Å². The summed E-state index contributed by atoms with van der Waals surface area (Å²) in [5, 5.41) is 1.75. The molecule has 0 amide bonds. The van der Waals surface area contributed by atoms with E-state index in [1.54, 1.807) is 83.0 Å². The van der Waals surface area contributed by atoms with Crippen molar-refractivity contribution in [1.82, 2.24) is 4.72 Å². The van der Waals surface area contributed by atoms with Crippen LogP contribution in [0.4, 0.5) is 0 Å². The second-order valence-electron chi connectivity index (χ2n) is 9.45. The Morgan fingerprint density at radius 3 is 1.73 bits per heavy atom. The van der Waals surface area contributed by atoms with Gasteiger partial charge < -0.3 is 4.74 Å². The topological polar surface area (TPSA) is 102 Å². The van der Waals surface area contributed by atoms with Crippen LogP contribution >= 0.6 is 33.8 Å². The van der Waals surface area contributed by atoms with Gasteiger partial charge in [0.15, 0.2) is 0 Å². The fraction of sp³-hybridized carbons (Fsp3) is 0. The lowest BCUT2D eigenvalue weighted by molar-refractivity contribution is 0.553. The first-order valence-electron chi connectivity index (χ1n) is 14.2. The number of nitrogens with zero attached hydrogens (tertiary/aromatic N) is 1. The van der Waals surface area contributed by atoms with Crippen LogP contribution in [0.2, 0.25) is 0 Å². The minimum Gasteiger partial charge on any atom is -0.438 e. The summed E-state index contributed by atoms with van der Waals surface area (Å²) in [6.45, 7) is 0. The van der Waals surface area contributed by atoms with E-state index in [2.05, 4.69) is 9.12 Å². The van der Waals surface area contributed by atoms with E-state index in [0.29, 0.717) is 5.75 Å². The van der Waals surface area contributed by atoms with Crippen molar-refractivity contribution in [3.8, 4) is 5.75 Å². The van der Waals surface area contributed by atoms with Crippen molar-refractivity contribution < 1.29 is 21.6 Å². The minimum absolute atomic E-state index is 0.00350. The molecule has 48 heavy (non-hydrogen) atoms. The van der Waals surface area contributed by atoms with Crippen molar-refractivity contribution in [1.29, 1.82) is 0 Å². The zero-order chi connectivity index (χ0) is 34.1. The Balaban J connectivity index is 0.000000229. The molecule has 0 aromatic heterocycles. The molecule has 0 aliphatic rings. The van der Waals surface area contributed by atoms with Crippen LogP contribution in [0.1, 0.15) is 5.56 Å². The summed E-state index contributed by atoms with van der Waals surface area (Å²) in [6.07, 6.45) is 4.87. The van der Waals surface area contributed by atoms with E-state index >= 15 is 0 Å². The average Bonchev–Trinajstić information content (AvgIpc) is 3.11. The van der Waals surface area contributed by atoms with Crippen molar-refractivity contribution in [3.63, 3.8) is 0 Å². The standard InChI is InChI=1S/C21H17NO3S3.C15H13NO2S2/c23-28(24,20-14-8-3-9-15-20)22-21(25-18-10-4-1-5-11-18)16-17-26-27-19-12-6-2-7-13-19;17-20(18,14-9-5-2-6-10-14)16-15(19)12-11-13-7-3-1-4-8-13/h1-17H;1-12H,(H,16,19)/b17-16+,22-21-;12-11-. The van der Waals surface area contributed by atoms with Gasteiger partial charge in [-0.2, -0.15) is 8.42 Å². The van der Waals surface area contributed by atoms with Gasteiger partial charge in [-0.3, -0.25) is 4.72 Å². The lowest BCUT2D eigenvalue weighted by Crippen LogP contribution is -2.27.